The van der Waals surface area contributed by atoms with E-state index in [0.717, 1.165) is 11.8 Å². The molecule has 1 aromatic heterocycles. The maximum Gasteiger partial charge on any atom is 0.415 e. The van der Waals surface area contributed by atoms with Crippen molar-refractivity contribution in [1.82, 2.24) is 4.98 Å². The maximum atomic E-state index is 11.8. The molecule has 1 rings (SSSR count). The van der Waals surface area contributed by atoms with Crippen molar-refractivity contribution in [2.45, 2.75) is 16.6 Å². The van der Waals surface area contributed by atoms with Gasteiger partial charge in [-0.15, -0.1) is 11.3 Å². The number of hydrogen-bond acceptors (Lipinski definition) is 4. The van der Waals surface area contributed by atoms with Gasteiger partial charge in [-0.2, -0.15) is 13.2 Å². The molecule has 7 heteroatoms. The molecule has 0 saturated carbocycles. The third-order valence-electron chi connectivity index (χ3n) is 1.15. The molecule has 0 amide bonds. The van der Waals surface area contributed by atoms with Crippen molar-refractivity contribution in [3.8, 4) is 0 Å². The van der Waals surface area contributed by atoms with E-state index in [1.807, 2.05) is 0 Å². The second kappa shape index (κ2) is 4.30. The largest absolute Gasteiger partial charge is 0.415 e. The Morgan fingerprint density at radius 3 is 2.77 bits per heavy atom. The van der Waals surface area contributed by atoms with Gasteiger partial charge in [-0.3, -0.25) is 0 Å². The van der Waals surface area contributed by atoms with Crippen LogP contribution in [0.4, 0.5) is 13.2 Å². The van der Waals surface area contributed by atoms with Crippen LogP contribution in [0.25, 0.3) is 0 Å². The van der Waals surface area contributed by atoms with Crippen molar-refractivity contribution in [3.63, 3.8) is 0 Å². The van der Waals surface area contributed by atoms with E-state index >= 15 is 0 Å². The molecule has 1 atom stereocenters. The zero-order valence-electron chi connectivity index (χ0n) is 6.28. The lowest BCUT2D eigenvalue weighted by atomic mass is 10.4. The fourth-order valence-electron chi connectivity index (χ4n) is 0.526. The molecule has 0 fully saturated rings. The van der Waals surface area contributed by atoms with Crippen molar-refractivity contribution in [3.05, 3.63) is 11.6 Å². The van der Waals surface area contributed by atoms with Gasteiger partial charge in [-0.1, -0.05) is 11.8 Å². The molecule has 0 spiro atoms. The van der Waals surface area contributed by atoms with E-state index in [1.165, 1.54) is 17.5 Å². The molecule has 0 saturated heterocycles. The van der Waals surface area contributed by atoms with Crippen LogP contribution >= 0.6 is 23.1 Å². The van der Waals surface area contributed by atoms with Gasteiger partial charge in [-0.25, -0.2) is 4.98 Å². The molecule has 0 aliphatic rings. The first kappa shape index (κ1) is 10.8. The number of nitrogens with zero attached hydrogens (tertiary/aromatic N) is 1. The number of hydrogen-bond donors (Lipinski definition) is 1. The number of thiazole rings is 1. The SMILES string of the molecule is OC(CSc1nccs1)C(F)(F)F. The first-order chi connectivity index (χ1) is 6.00. The molecule has 74 valence electrons. The molecule has 0 bridgehead atoms. The van der Waals surface area contributed by atoms with Crippen LogP contribution in [0.1, 0.15) is 0 Å². The van der Waals surface area contributed by atoms with E-state index in [2.05, 4.69) is 4.98 Å². The number of alkyl halides is 3. The van der Waals surface area contributed by atoms with Crippen LogP contribution in [0.5, 0.6) is 0 Å². The molecule has 0 aliphatic heterocycles. The Labute approximate surface area is 80.8 Å². The molecular formula is C6H6F3NOS2. The van der Waals surface area contributed by atoms with Crippen molar-refractivity contribution < 1.29 is 18.3 Å². The number of rotatable bonds is 3. The quantitative estimate of drug-likeness (QED) is 0.806. The van der Waals surface area contributed by atoms with Gasteiger partial charge in [0.15, 0.2) is 6.10 Å². The van der Waals surface area contributed by atoms with Crippen molar-refractivity contribution in [1.29, 1.82) is 0 Å². The summed E-state index contributed by atoms with van der Waals surface area (Å²) < 4.78 is 35.9. The Bertz CT molecular complexity index is 249. The summed E-state index contributed by atoms with van der Waals surface area (Å²) in [5.74, 6) is -0.406. The first-order valence-corrected chi connectivity index (χ1v) is 5.14. The van der Waals surface area contributed by atoms with E-state index in [4.69, 9.17) is 5.11 Å². The molecule has 1 heterocycles. The van der Waals surface area contributed by atoms with E-state index in [1.54, 1.807) is 5.38 Å². The monoisotopic (exact) mass is 229 g/mol. The second-order valence-electron chi connectivity index (χ2n) is 2.17. The molecule has 0 radical (unpaired) electrons. The van der Waals surface area contributed by atoms with Crippen molar-refractivity contribution in [2.75, 3.05) is 5.75 Å². The number of halogens is 3. The van der Waals surface area contributed by atoms with Gasteiger partial charge < -0.3 is 5.11 Å². The van der Waals surface area contributed by atoms with E-state index < -0.39 is 18.0 Å². The van der Waals surface area contributed by atoms with Crippen LogP contribution in [-0.2, 0) is 0 Å². The summed E-state index contributed by atoms with van der Waals surface area (Å²) in [6.07, 6.45) is -5.31. The molecular weight excluding hydrogens is 223 g/mol. The smallest absolute Gasteiger partial charge is 0.383 e. The number of aliphatic hydroxyl groups is 1. The first-order valence-electron chi connectivity index (χ1n) is 3.27. The molecule has 1 aromatic rings. The summed E-state index contributed by atoms with van der Waals surface area (Å²) in [6.45, 7) is 0. The lowest BCUT2D eigenvalue weighted by Gasteiger charge is -2.12. The normalized spacial score (nSPS) is 14.5. The van der Waals surface area contributed by atoms with Gasteiger partial charge in [0, 0.05) is 17.3 Å². The summed E-state index contributed by atoms with van der Waals surface area (Å²) in [4.78, 5) is 3.77. The van der Waals surface area contributed by atoms with E-state index in [0.29, 0.717) is 4.34 Å². The molecule has 1 N–H and O–H groups in total. The Balaban J connectivity index is 2.35. The van der Waals surface area contributed by atoms with Crippen LogP contribution < -0.4 is 0 Å². The minimum Gasteiger partial charge on any atom is -0.383 e. The highest BCUT2D eigenvalue weighted by Crippen LogP contribution is 2.27. The van der Waals surface area contributed by atoms with E-state index in [9.17, 15) is 13.2 Å². The van der Waals surface area contributed by atoms with Crippen LogP contribution in [0.3, 0.4) is 0 Å². The average Bonchev–Trinajstić information content (AvgIpc) is 2.50. The lowest BCUT2D eigenvalue weighted by Crippen LogP contribution is -2.30. The van der Waals surface area contributed by atoms with Gasteiger partial charge in [0.05, 0.1) is 0 Å². The summed E-state index contributed by atoms with van der Waals surface area (Å²) >= 11 is 2.15. The third kappa shape index (κ3) is 3.53. The Kier molecular flexibility index (Phi) is 3.57. The van der Waals surface area contributed by atoms with Gasteiger partial charge in [0.25, 0.3) is 0 Å². The Morgan fingerprint density at radius 1 is 1.62 bits per heavy atom. The zero-order chi connectivity index (χ0) is 9.90. The predicted octanol–water partition coefficient (Wildman–Crippen LogP) is 2.16. The lowest BCUT2D eigenvalue weighted by molar-refractivity contribution is -0.195. The molecule has 1 unspecified atom stereocenters. The zero-order valence-corrected chi connectivity index (χ0v) is 7.92. The summed E-state index contributed by atoms with van der Waals surface area (Å²) in [6, 6.07) is 0. The van der Waals surface area contributed by atoms with Gasteiger partial charge in [0.1, 0.15) is 4.34 Å². The number of aromatic nitrogens is 1. The third-order valence-corrected chi connectivity index (χ3v) is 3.19. The summed E-state index contributed by atoms with van der Waals surface area (Å²) in [7, 11) is 0. The standard InChI is InChI=1S/C6H6F3NOS2/c7-6(8,9)4(11)3-13-5-10-1-2-12-5/h1-2,4,11H,3H2. The van der Waals surface area contributed by atoms with E-state index in [-0.39, 0.29) is 0 Å². The Morgan fingerprint density at radius 2 is 2.31 bits per heavy atom. The van der Waals surface area contributed by atoms with Gasteiger partial charge >= 0.3 is 6.18 Å². The highest BCUT2D eigenvalue weighted by Gasteiger charge is 2.38. The van der Waals surface area contributed by atoms with Crippen LogP contribution in [0.15, 0.2) is 15.9 Å². The molecule has 0 aliphatic carbocycles. The Hall–Kier alpha value is -0.270. The van der Waals surface area contributed by atoms with Crippen molar-refractivity contribution in [2.24, 2.45) is 0 Å². The molecule has 13 heavy (non-hydrogen) atoms. The fraction of sp³-hybridized carbons (Fsp3) is 0.500. The fourth-order valence-corrected chi connectivity index (χ4v) is 2.15. The number of aliphatic hydroxyl groups excluding tert-OH is 1. The maximum absolute atomic E-state index is 11.8. The predicted molar refractivity (Wildman–Crippen MR) is 44.9 cm³/mol. The number of thioether (sulfide) groups is 1. The topological polar surface area (TPSA) is 33.1 Å². The second-order valence-corrected chi connectivity index (χ2v) is 4.33. The highest BCUT2D eigenvalue weighted by molar-refractivity contribution is 8.01. The minimum atomic E-state index is -4.54. The summed E-state index contributed by atoms with van der Waals surface area (Å²) in [5.41, 5.74) is 0. The summed E-state index contributed by atoms with van der Waals surface area (Å²) in [5, 5.41) is 10.3. The van der Waals surface area contributed by atoms with Crippen molar-refractivity contribution >= 4 is 23.1 Å². The minimum absolute atomic E-state index is 0.406. The van der Waals surface area contributed by atoms with Gasteiger partial charge in [-0.05, 0) is 0 Å². The van der Waals surface area contributed by atoms with Crippen LogP contribution in [-0.4, -0.2) is 28.1 Å². The van der Waals surface area contributed by atoms with Crippen LogP contribution in [0, 0.1) is 0 Å². The van der Waals surface area contributed by atoms with Crippen LogP contribution in [0.2, 0.25) is 0 Å². The highest BCUT2D eigenvalue weighted by atomic mass is 32.2. The molecule has 0 aromatic carbocycles. The molecule has 2 nitrogen and oxygen atoms in total. The average molecular weight is 229 g/mol. The van der Waals surface area contributed by atoms with Gasteiger partial charge in [0.2, 0.25) is 0 Å².